The number of aryl methyl sites for hydroxylation is 2. The number of benzene rings is 1. The largest absolute Gasteiger partial charge is 0.505 e. The number of carbonyl (C=O) groups excluding carboxylic acids is 1. The molecule has 2 aromatic rings. The van der Waals surface area contributed by atoms with Crippen LogP contribution in [0.2, 0.25) is 0 Å². The zero-order chi connectivity index (χ0) is 24.8. The van der Waals surface area contributed by atoms with Gasteiger partial charge in [0.1, 0.15) is 5.69 Å². The van der Waals surface area contributed by atoms with Crippen molar-refractivity contribution in [3.05, 3.63) is 83.2 Å². The molecule has 178 valence electrons. The zero-order valence-corrected chi connectivity index (χ0v) is 19.9. The second kappa shape index (κ2) is 11.3. The number of nitrogens with one attached hydrogen (secondary N) is 1. The summed E-state index contributed by atoms with van der Waals surface area (Å²) in [5, 5.41) is 30.3. The van der Waals surface area contributed by atoms with E-state index in [1.165, 1.54) is 6.20 Å². The maximum Gasteiger partial charge on any atom is 0.202 e. The van der Waals surface area contributed by atoms with Gasteiger partial charge >= 0.3 is 0 Å². The quantitative estimate of drug-likeness (QED) is 0.428. The predicted molar refractivity (Wildman–Crippen MR) is 135 cm³/mol. The number of aliphatic hydroxyl groups is 2. The maximum atomic E-state index is 13.5. The van der Waals surface area contributed by atoms with E-state index in [1.807, 2.05) is 26.0 Å². The number of hydrogen-bond donors (Lipinski definition) is 4. The molecule has 1 aromatic heterocycles. The van der Waals surface area contributed by atoms with Crippen molar-refractivity contribution in [3.8, 4) is 5.75 Å². The Balaban J connectivity index is 2.17. The van der Waals surface area contributed by atoms with Gasteiger partial charge in [0.2, 0.25) is 5.78 Å². The van der Waals surface area contributed by atoms with E-state index >= 15 is 0 Å². The highest BCUT2D eigenvalue weighted by atomic mass is 32.2. The van der Waals surface area contributed by atoms with Crippen molar-refractivity contribution in [2.75, 3.05) is 17.8 Å². The van der Waals surface area contributed by atoms with Gasteiger partial charge < -0.3 is 15.3 Å². The number of fused-ring (bicyclic) bond motifs is 1. The number of ketones is 1. The van der Waals surface area contributed by atoms with Crippen LogP contribution >= 0.6 is 11.8 Å². The molecule has 0 radical (unpaired) electrons. The summed E-state index contributed by atoms with van der Waals surface area (Å²) >= 11 is 1.16. The summed E-state index contributed by atoms with van der Waals surface area (Å²) in [4.78, 5) is 23.9. The molecule has 1 aliphatic rings. The van der Waals surface area contributed by atoms with Crippen LogP contribution in [0.1, 0.15) is 44.4 Å². The fourth-order valence-electron chi connectivity index (χ4n) is 3.52. The molecular formula is C26H28N2O5S. The summed E-state index contributed by atoms with van der Waals surface area (Å²) in [5.41, 5.74) is 6.85. The van der Waals surface area contributed by atoms with Crippen molar-refractivity contribution in [2.45, 2.75) is 31.0 Å². The number of thioether (sulfide) groups is 1. The van der Waals surface area contributed by atoms with Gasteiger partial charge in [-0.1, -0.05) is 43.0 Å². The zero-order valence-electron chi connectivity index (χ0n) is 19.1. The minimum atomic E-state index is -1.22. The highest BCUT2D eigenvalue weighted by molar-refractivity contribution is 7.99. The molecule has 4 N–H and O–H groups in total. The number of hydrogen-bond acceptors (Lipinski definition) is 8. The molecule has 8 heteroatoms. The number of anilines is 1. The molecule has 1 aliphatic heterocycles. The summed E-state index contributed by atoms with van der Waals surface area (Å²) in [5.74, 6) is -0.476. The van der Waals surface area contributed by atoms with Gasteiger partial charge in [0, 0.05) is 17.5 Å². The second-order valence-electron chi connectivity index (χ2n) is 7.82. The van der Waals surface area contributed by atoms with Gasteiger partial charge in [-0.05, 0) is 48.7 Å². The summed E-state index contributed by atoms with van der Waals surface area (Å²) in [6, 6.07) is 8.88. The lowest BCUT2D eigenvalue weighted by atomic mass is 9.95. The van der Waals surface area contributed by atoms with E-state index in [1.54, 1.807) is 30.4 Å². The molecule has 0 spiro atoms. The molecule has 2 atom stereocenters. The second-order valence-corrected chi connectivity index (χ2v) is 8.85. The Morgan fingerprint density at radius 1 is 1.24 bits per heavy atom. The summed E-state index contributed by atoms with van der Waals surface area (Å²) < 4.78 is 0. The molecule has 34 heavy (non-hydrogen) atoms. The van der Waals surface area contributed by atoms with Gasteiger partial charge in [-0.2, -0.15) is 0 Å². The number of aromatic hydroxyl groups is 1. The SMILES string of the molecule is C=Cc1cc2c(cc1C=C)C(=O)C(c1ncccc(C)cc(C)c(SCC(O)CO)c1O)ON2. The first-order chi connectivity index (χ1) is 16.3. The third-order valence-corrected chi connectivity index (χ3v) is 6.61. The lowest BCUT2D eigenvalue weighted by molar-refractivity contribution is 0.0531. The molecule has 0 saturated carbocycles. The van der Waals surface area contributed by atoms with E-state index in [2.05, 4.69) is 23.6 Å². The molecule has 2 heterocycles. The van der Waals surface area contributed by atoms with Crippen LogP contribution in [0.5, 0.6) is 5.75 Å². The Morgan fingerprint density at radius 2 is 1.94 bits per heavy atom. The third-order valence-electron chi connectivity index (χ3n) is 5.25. The van der Waals surface area contributed by atoms with Gasteiger partial charge in [0.15, 0.2) is 11.9 Å². The van der Waals surface area contributed by atoms with E-state index in [4.69, 9.17) is 4.84 Å². The molecule has 0 bridgehead atoms. The van der Waals surface area contributed by atoms with Crippen molar-refractivity contribution < 1.29 is 25.0 Å². The average Bonchev–Trinajstić information content (AvgIpc) is 2.83. The number of Topliss-reactive ketones (excluding diaryl/α,β-unsaturated/α-hetero) is 1. The number of aromatic nitrogens is 1. The molecule has 1 aromatic carbocycles. The van der Waals surface area contributed by atoms with Crippen LogP contribution < -0.4 is 5.48 Å². The molecular weight excluding hydrogens is 452 g/mol. The Kier molecular flexibility index (Phi) is 8.46. The first-order valence-electron chi connectivity index (χ1n) is 10.6. The fourth-order valence-corrected chi connectivity index (χ4v) is 4.51. The minimum Gasteiger partial charge on any atom is -0.505 e. The summed E-state index contributed by atoms with van der Waals surface area (Å²) in [7, 11) is 0. The summed E-state index contributed by atoms with van der Waals surface area (Å²) in [6.07, 6.45) is 2.59. The lowest BCUT2D eigenvalue weighted by Gasteiger charge is -2.26. The first-order valence-corrected chi connectivity index (χ1v) is 11.6. The first kappa shape index (κ1) is 25.5. The van der Waals surface area contributed by atoms with Crippen LogP contribution in [-0.4, -0.2) is 44.6 Å². The lowest BCUT2D eigenvalue weighted by Crippen LogP contribution is -2.27. The monoisotopic (exact) mass is 480 g/mol. The topological polar surface area (TPSA) is 112 Å². The van der Waals surface area contributed by atoms with Gasteiger partial charge in [-0.25, -0.2) is 0 Å². The van der Waals surface area contributed by atoms with Gasteiger partial charge in [0.25, 0.3) is 0 Å². The van der Waals surface area contributed by atoms with E-state index in [0.29, 0.717) is 21.7 Å². The van der Waals surface area contributed by atoms with Crippen molar-refractivity contribution in [2.24, 2.45) is 0 Å². The van der Waals surface area contributed by atoms with Crippen LogP contribution in [0, 0.1) is 13.8 Å². The Bertz CT molecular complexity index is 1180. The van der Waals surface area contributed by atoms with Crippen LogP contribution in [0.3, 0.4) is 0 Å². The van der Waals surface area contributed by atoms with Gasteiger partial charge in [0.05, 0.1) is 23.3 Å². The van der Waals surface area contributed by atoms with E-state index in [9.17, 15) is 20.1 Å². The van der Waals surface area contributed by atoms with Crippen molar-refractivity contribution in [3.63, 3.8) is 0 Å². The molecule has 0 saturated heterocycles. The van der Waals surface area contributed by atoms with Gasteiger partial charge in [-0.3, -0.25) is 20.1 Å². The Hall–Kier alpha value is -3.17. The van der Waals surface area contributed by atoms with Crippen molar-refractivity contribution >= 4 is 35.4 Å². The van der Waals surface area contributed by atoms with Gasteiger partial charge in [-0.15, -0.1) is 11.8 Å². The predicted octanol–water partition coefficient (Wildman–Crippen LogP) is 4.54. The minimum absolute atomic E-state index is 0.0223. The highest BCUT2D eigenvalue weighted by Gasteiger charge is 2.34. The standard InChI is InChI=1S/C26H28N2O5S/c1-5-17-11-20-21(12-18(17)6-2)28-33-25(23(20)31)22-24(32)26(34-14-19(30)13-29)16(4)10-15(3)8-7-9-27-22/h5-12,19,25,28-30,32H,1-2,13-14H2,3-4H3. The van der Waals surface area contributed by atoms with Crippen molar-refractivity contribution in [1.29, 1.82) is 0 Å². The number of rotatable bonds is 7. The molecule has 2 unspecified atom stereocenters. The Morgan fingerprint density at radius 3 is 2.62 bits per heavy atom. The number of carbonyl (C=O) groups is 1. The van der Waals surface area contributed by atoms with Crippen molar-refractivity contribution in [1.82, 2.24) is 4.98 Å². The van der Waals surface area contributed by atoms with Crippen LogP contribution in [0.4, 0.5) is 5.69 Å². The maximum absolute atomic E-state index is 13.5. The molecule has 0 amide bonds. The third kappa shape index (κ3) is 5.48. The number of nitrogens with zero attached hydrogens (tertiary/aromatic N) is 1. The molecule has 0 aliphatic carbocycles. The van der Waals surface area contributed by atoms with Crippen LogP contribution in [0.15, 0.2) is 54.6 Å². The summed E-state index contributed by atoms with van der Waals surface area (Å²) in [6.45, 7) is 10.9. The molecule has 0 fully saturated rings. The molecule has 7 nitrogen and oxygen atoms in total. The Labute approximate surface area is 203 Å². The normalized spacial score (nSPS) is 15.5. The van der Waals surface area contributed by atoms with Crippen LogP contribution in [-0.2, 0) is 4.84 Å². The highest BCUT2D eigenvalue weighted by Crippen LogP contribution is 2.40. The smallest absolute Gasteiger partial charge is 0.202 e. The number of aliphatic hydroxyl groups excluding tert-OH is 2. The van der Waals surface area contributed by atoms with Crippen LogP contribution in [0.25, 0.3) is 12.2 Å². The molecule has 3 rings (SSSR count). The van der Waals surface area contributed by atoms with E-state index < -0.39 is 18.8 Å². The van der Waals surface area contributed by atoms with E-state index in [-0.39, 0.29) is 23.0 Å². The van der Waals surface area contributed by atoms with E-state index in [0.717, 1.165) is 28.5 Å². The fraction of sp³-hybridized carbons (Fsp3) is 0.231. The average molecular weight is 481 g/mol.